The van der Waals surface area contributed by atoms with E-state index in [-0.39, 0.29) is 42.6 Å². The molecule has 2 aromatic carbocycles. The van der Waals surface area contributed by atoms with Crippen molar-refractivity contribution in [3.8, 4) is 11.5 Å². The third kappa shape index (κ3) is 5.38. The highest BCUT2D eigenvalue weighted by atomic mass is 35.5. The zero-order valence-corrected chi connectivity index (χ0v) is 19.2. The number of aryl methyl sites for hydroxylation is 1. The Morgan fingerprint density at radius 3 is 2.56 bits per heavy atom. The van der Waals surface area contributed by atoms with E-state index in [1.165, 1.54) is 11.1 Å². The van der Waals surface area contributed by atoms with E-state index in [9.17, 15) is 4.79 Å². The van der Waals surface area contributed by atoms with Gasteiger partial charge < -0.3 is 20.1 Å². The average Bonchev–Trinajstić information content (AvgIpc) is 3.36. The zero-order chi connectivity index (χ0) is 21.0. The summed E-state index contributed by atoms with van der Waals surface area (Å²) in [5.74, 6) is 2.08. The fraction of sp³-hybridized carbons (Fsp3) is 0.500. The van der Waals surface area contributed by atoms with Crippen LogP contribution in [-0.2, 0) is 11.2 Å². The van der Waals surface area contributed by atoms with Gasteiger partial charge in [0.05, 0.1) is 12.1 Å². The second kappa shape index (κ2) is 10.6. The Kier molecular flexibility index (Phi) is 7.59. The highest BCUT2D eigenvalue weighted by molar-refractivity contribution is 5.85. The molecule has 1 saturated carbocycles. The number of nitrogens with one attached hydrogen (secondary N) is 2. The van der Waals surface area contributed by atoms with Crippen LogP contribution in [0.15, 0.2) is 48.5 Å². The molecule has 2 fully saturated rings. The van der Waals surface area contributed by atoms with Crippen molar-refractivity contribution in [1.82, 2.24) is 10.6 Å². The summed E-state index contributed by atoms with van der Waals surface area (Å²) < 4.78 is 12.6. The van der Waals surface area contributed by atoms with Crippen LogP contribution < -0.4 is 20.1 Å². The normalized spacial score (nSPS) is 26.9. The van der Waals surface area contributed by atoms with E-state index >= 15 is 0 Å². The number of hydrogen-bond donors (Lipinski definition) is 2. The lowest BCUT2D eigenvalue weighted by Gasteiger charge is -2.31. The number of hydrogen-bond acceptors (Lipinski definition) is 4. The van der Waals surface area contributed by atoms with E-state index in [0.29, 0.717) is 0 Å². The first-order valence-electron chi connectivity index (χ1n) is 11.8. The van der Waals surface area contributed by atoms with E-state index in [0.717, 1.165) is 69.4 Å². The topological polar surface area (TPSA) is 59.6 Å². The summed E-state index contributed by atoms with van der Waals surface area (Å²) in [6.07, 6.45) is 8.31. The lowest BCUT2D eigenvalue weighted by atomic mass is 9.92. The summed E-state index contributed by atoms with van der Waals surface area (Å²) in [4.78, 5) is 12.3. The Labute approximate surface area is 196 Å². The van der Waals surface area contributed by atoms with Crippen LogP contribution in [0, 0.1) is 0 Å². The molecule has 2 aromatic rings. The standard InChI is InChI=1S/C26H32N2O3.ClH/c29-26(23-7-4-16-27-23)28-20-9-11-21(12-10-20)30-22-13-15-25-19(17-22)8-14-24(31-25)18-5-2-1-3-6-18;/h1-3,5-6,13,15,17,20-21,23-24,27H,4,7-12,14,16H2,(H,28,29);1H/t20?,21?,23?,24-;/m0./s1. The number of halogens is 1. The Morgan fingerprint density at radius 2 is 1.81 bits per heavy atom. The largest absolute Gasteiger partial charge is 0.490 e. The van der Waals surface area contributed by atoms with Gasteiger partial charge in [0.2, 0.25) is 5.91 Å². The van der Waals surface area contributed by atoms with Gasteiger partial charge in [0.15, 0.2) is 0 Å². The lowest BCUT2D eigenvalue weighted by molar-refractivity contribution is -0.123. The van der Waals surface area contributed by atoms with Gasteiger partial charge in [0.25, 0.3) is 0 Å². The molecule has 0 aromatic heterocycles. The number of rotatable bonds is 5. The number of amides is 1. The van der Waals surface area contributed by atoms with Gasteiger partial charge in [-0.1, -0.05) is 30.3 Å². The van der Waals surface area contributed by atoms with Crippen LogP contribution >= 0.6 is 12.4 Å². The van der Waals surface area contributed by atoms with Gasteiger partial charge >= 0.3 is 0 Å². The van der Waals surface area contributed by atoms with Crippen LogP contribution in [0.3, 0.4) is 0 Å². The monoisotopic (exact) mass is 456 g/mol. The summed E-state index contributed by atoms with van der Waals surface area (Å²) in [5.41, 5.74) is 2.47. The number of carbonyl (C=O) groups is 1. The van der Waals surface area contributed by atoms with Gasteiger partial charge in [0, 0.05) is 6.04 Å². The molecule has 2 N–H and O–H groups in total. The molecular weight excluding hydrogens is 424 g/mol. The predicted molar refractivity (Wildman–Crippen MR) is 128 cm³/mol. The molecule has 6 heteroatoms. The van der Waals surface area contributed by atoms with Crippen LogP contribution in [0.2, 0.25) is 0 Å². The molecule has 5 nitrogen and oxygen atoms in total. The Hall–Kier alpha value is -2.24. The minimum Gasteiger partial charge on any atom is -0.490 e. The van der Waals surface area contributed by atoms with E-state index in [1.54, 1.807) is 0 Å². The molecule has 1 aliphatic carbocycles. The number of carbonyl (C=O) groups excluding carboxylic acids is 1. The molecule has 5 rings (SSSR count). The molecular formula is C26H33ClN2O3. The number of benzene rings is 2. The molecule has 2 aliphatic heterocycles. The molecule has 0 bridgehead atoms. The molecule has 1 amide bonds. The molecule has 32 heavy (non-hydrogen) atoms. The maximum absolute atomic E-state index is 12.3. The molecule has 1 saturated heterocycles. The molecule has 2 atom stereocenters. The van der Waals surface area contributed by atoms with Crippen molar-refractivity contribution in [2.75, 3.05) is 6.54 Å². The second-order valence-corrected chi connectivity index (χ2v) is 9.07. The number of ether oxygens (including phenoxy) is 2. The minimum absolute atomic E-state index is 0. The molecule has 2 heterocycles. The fourth-order valence-electron chi connectivity index (χ4n) is 5.07. The van der Waals surface area contributed by atoms with E-state index in [1.807, 2.05) is 12.1 Å². The maximum Gasteiger partial charge on any atom is 0.237 e. The maximum atomic E-state index is 12.3. The van der Waals surface area contributed by atoms with Crippen molar-refractivity contribution >= 4 is 18.3 Å². The molecule has 1 unspecified atom stereocenters. The third-order valence-electron chi connectivity index (χ3n) is 6.85. The molecule has 0 spiro atoms. The summed E-state index contributed by atoms with van der Waals surface area (Å²) in [7, 11) is 0. The van der Waals surface area contributed by atoms with Gasteiger partial charge in [-0.15, -0.1) is 12.4 Å². The van der Waals surface area contributed by atoms with Crippen molar-refractivity contribution < 1.29 is 14.3 Å². The van der Waals surface area contributed by atoms with Crippen molar-refractivity contribution in [2.45, 2.75) is 75.7 Å². The van der Waals surface area contributed by atoms with E-state index in [4.69, 9.17) is 9.47 Å². The summed E-state index contributed by atoms with van der Waals surface area (Å²) in [5, 5.41) is 6.51. The van der Waals surface area contributed by atoms with Gasteiger partial charge in [-0.3, -0.25) is 4.79 Å². The van der Waals surface area contributed by atoms with Gasteiger partial charge in [-0.2, -0.15) is 0 Å². The zero-order valence-electron chi connectivity index (χ0n) is 18.4. The first kappa shape index (κ1) is 22.9. The van der Waals surface area contributed by atoms with Crippen molar-refractivity contribution in [3.63, 3.8) is 0 Å². The van der Waals surface area contributed by atoms with Gasteiger partial charge in [0.1, 0.15) is 17.6 Å². The highest BCUT2D eigenvalue weighted by Crippen LogP contribution is 2.37. The van der Waals surface area contributed by atoms with Crippen LogP contribution in [0.25, 0.3) is 0 Å². The van der Waals surface area contributed by atoms with Crippen molar-refractivity contribution in [2.24, 2.45) is 0 Å². The fourth-order valence-corrected chi connectivity index (χ4v) is 5.07. The van der Waals surface area contributed by atoms with E-state index in [2.05, 4.69) is 47.0 Å². The van der Waals surface area contributed by atoms with Crippen LogP contribution in [0.4, 0.5) is 0 Å². The average molecular weight is 457 g/mol. The smallest absolute Gasteiger partial charge is 0.237 e. The number of fused-ring (bicyclic) bond motifs is 1. The third-order valence-corrected chi connectivity index (χ3v) is 6.85. The Morgan fingerprint density at radius 1 is 1.00 bits per heavy atom. The molecule has 3 aliphatic rings. The SMILES string of the molecule is Cl.O=C(NC1CCC(Oc2ccc3c(c2)CC[C@@H](c2ccccc2)O3)CC1)C1CCCN1. The quantitative estimate of drug-likeness (QED) is 0.682. The minimum atomic E-state index is 0. The van der Waals surface area contributed by atoms with Crippen LogP contribution in [0.5, 0.6) is 11.5 Å². The van der Waals surface area contributed by atoms with Crippen LogP contribution in [0.1, 0.15) is 62.2 Å². The highest BCUT2D eigenvalue weighted by Gasteiger charge is 2.28. The van der Waals surface area contributed by atoms with Gasteiger partial charge in [-0.05, 0) is 87.2 Å². The first-order chi connectivity index (χ1) is 15.2. The summed E-state index contributed by atoms with van der Waals surface area (Å²) in [6.45, 7) is 0.956. The molecule has 0 radical (unpaired) electrons. The van der Waals surface area contributed by atoms with Gasteiger partial charge in [-0.25, -0.2) is 0 Å². The summed E-state index contributed by atoms with van der Waals surface area (Å²) in [6, 6.07) is 17.0. The lowest BCUT2D eigenvalue weighted by Crippen LogP contribution is -2.47. The van der Waals surface area contributed by atoms with Crippen LogP contribution in [-0.4, -0.2) is 30.6 Å². The van der Waals surface area contributed by atoms with Crippen molar-refractivity contribution in [1.29, 1.82) is 0 Å². The molecule has 172 valence electrons. The predicted octanol–water partition coefficient (Wildman–Crippen LogP) is 4.73. The second-order valence-electron chi connectivity index (χ2n) is 9.07. The Balaban J connectivity index is 0.00000245. The van der Waals surface area contributed by atoms with E-state index < -0.39 is 0 Å². The Bertz CT molecular complexity index is 893. The summed E-state index contributed by atoms with van der Waals surface area (Å²) >= 11 is 0. The van der Waals surface area contributed by atoms with Crippen molar-refractivity contribution in [3.05, 3.63) is 59.7 Å². The first-order valence-corrected chi connectivity index (χ1v) is 11.8.